The maximum atomic E-state index is 8.81. The standard InChI is InChI=1S/C21H25N3O.CH3NO2/c1-15-4-6-18(7-5-15)14-23-9-8-19-10-20(11-22-21(19)23)24-12-16(2)25-17(3)13-24;3-1-2-4/h4-11,16-17H,12-14H2,1-3H3;1,4H,(H,2,3). The minimum atomic E-state index is 0.181. The molecule has 0 aliphatic carbocycles. The molecule has 4 rings (SSSR count). The molecule has 1 fully saturated rings. The van der Waals surface area contributed by atoms with E-state index in [9.17, 15) is 0 Å². The van der Waals surface area contributed by atoms with Gasteiger partial charge in [-0.25, -0.2) is 10.5 Å². The van der Waals surface area contributed by atoms with E-state index in [1.54, 1.807) is 0 Å². The molecule has 2 N–H and O–H groups in total. The van der Waals surface area contributed by atoms with Gasteiger partial charge in [-0.1, -0.05) is 29.8 Å². The number of hydrogen-bond donors (Lipinski definition) is 2. The quantitative estimate of drug-likeness (QED) is 0.402. The van der Waals surface area contributed by atoms with Crippen LogP contribution in [0.25, 0.3) is 11.0 Å². The largest absolute Gasteiger partial charge is 0.372 e. The fourth-order valence-corrected chi connectivity index (χ4v) is 3.65. The molecule has 0 saturated carbocycles. The second-order valence-corrected chi connectivity index (χ2v) is 7.44. The second-order valence-electron chi connectivity index (χ2n) is 7.44. The fraction of sp³-hybridized carbons (Fsp3) is 0.364. The highest BCUT2D eigenvalue weighted by atomic mass is 16.5. The predicted octanol–water partition coefficient (Wildman–Crippen LogP) is 3.13. The summed E-state index contributed by atoms with van der Waals surface area (Å²) in [5, 5.41) is 8.45. The Labute approximate surface area is 170 Å². The molecule has 2 aromatic heterocycles. The first kappa shape index (κ1) is 20.8. The lowest BCUT2D eigenvalue weighted by atomic mass is 10.1. The Kier molecular flexibility index (Phi) is 6.85. The van der Waals surface area contributed by atoms with Gasteiger partial charge in [0.25, 0.3) is 0 Å². The SMILES string of the molecule is Cc1ccc(Cn2ccc3cc(N4CC(C)OC(C)C4)cnc32)cc1.O=CNO. The number of morpholine rings is 1. The number of rotatable bonds is 4. The van der Waals surface area contributed by atoms with Gasteiger partial charge in [0.15, 0.2) is 0 Å². The zero-order valence-electron chi connectivity index (χ0n) is 17.1. The highest BCUT2D eigenvalue weighted by molar-refractivity contribution is 5.80. The number of hydroxylamine groups is 1. The van der Waals surface area contributed by atoms with Gasteiger partial charge < -0.3 is 14.2 Å². The van der Waals surface area contributed by atoms with Crippen LogP contribution in [-0.4, -0.2) is 46.5 Å². The Bertz CT molecular complexity index is 929. The average Bonchev–Trinajstić information content (AvgIpc) is 3.11. The third kappa shape index (κ3) is 5.34. The molecule has 0 bridgehead atoms. The van der Waals surface area contributed by atoms with Crippen LogP contribution in [0.4, 0.5) is 5.69 Å². The Hall–Kier alpha value is -2.90. The number of nitrogens with zero attached hydrogens (tertiary/aromatic N) is 3. The van der Waals surface area contributed by atoms with Crippen molar-refractivity contribution < 1.29 is 14.7 Å². The minimum absolute atomic E-state index is 0.181. The second kappa shape index (κ2) is 9.54. The van der Waals surface area contributed by atoms with Crippen molar-refractivity contribution in [2.24, 2.45) is 0 Å². The Morgan fingerprint density at radius 3 is 2.48 bits per heavy atom. The Balaban J connectivity index is 0.000000552. The molecule has 1 saturated heterocycles. The van der Waals surface area contributed by atoms with Crippen molar-refractivity contribution in [1.29, 1.82) is 0 Å². The molecular weight excluding hydrogens is 368 g/mol. The van der Waals surface area contributed by atoms with E-state index in [0.717, 1.165) is 25.3 Å². The molecule has 7 nitrogen and oxygen atoms in total. The molecule has 0 radical (unpaired) electrons. The maximum Gasteiger partial charge on any atom is 0.230 e. The van der Waals surface area contributed by atoms with Crippen LogP contribution in [0.3, 0.4) is 0 Å². The zero-order valence-corrected chi connectivity index (χ0v) is 17.1. The highest BCUT2D eigenvalue weighted by Crippen LogP contribution is 2.24. The van der Waals surface area contributed by atoms with Gasteiger partial charge in [-0.2, -0.15) is 0 Å². The number of fused-ring (bicyclic) bond motifs is 1. The number of ether oxygens (including phenoxy) is 1. The smallest absolute Gasteiger partial charge is 0.230 e. The van der Waals surface area contributed by atoms with Crippen LogP contribution in [0.5, 0.6) is 0 Å². The van der Waals surface area contributed by atoms with Crippen LogP contribution in [-0.2, 0) is 16.1 Å². The van der Waals surface area contributed by atoms with Gasteiger partial charge in [0.05, 0.1) is 24.1 Å². The number of aromatic nitrogens is 2. The van der Waals surface area contributed by atoms with Crippen molar-refractivity contribution in [3.05, 3.63) is 59.9 Å². The molecule has 0 spiro atoms. The summed E-state index contributed by atoms with van der Waals surface area (Å²) >= 11 is 0. The van der Waals surface area contributed by atoms with Gasteiger partial charge in [-0.15, -0.1) is 0 Å². The molecule has 2 unspecified atom stereocenters. The van der Waals surface area contributed by atoms with E-state index in [-0.39, 0.29) is 18.6 Å². The number of pyridine rings is 1. The summed E-state index contributed by atoms with van der Waals surface area (Å²) in [6, 6.07) is 13.1. The minimum Gasteiger partial charge on any atom is -0.372 e. The number of nitrogens with one attached hydrogen (secondary N) is 1. The fourth-order valence-electron chi connectivity index (χ4n) is 3.65. The molecule has 154 valence electrons. The van der Waals surface area contributed by atoms with E-state index in [2.05, 4.69) is 72.8 Å². The number of benzene rings is 1. The number of amides is 1. The summed E-state index contributed by atoms with van der Waals surface area (Å²) < 4.78 is 8.05. The summed E-state index contributed by atoms with van der Waals surface area (Å²) in [4.78, 5) is 16.0. The van der Waals surface area contributed by atoms with E-state index in [4.69, 9.17) is 19.7 Å². The molecule has 1 aliphatic rings. The lowest BCUT2D eigenvalue weighted by molar-refractivity contribution is -0.116. The van der Waals surface area contributed by atoms with E-state index >= 15 is 0 Å². The van der Waals surface area contributed by atoms with Crippen molar-refractivity contribution in [2.45, 2.75) is 39.5 Å². The van der Waals surface area contributed by atoms with Crippen LogP contribution < -0.4 is 10.4 Å². The van der Waals surface area contributed by atoms with Gasteiger partial charge in [-0.05, 0) is 38.5 Å². The first-order valence-corrected chi connectivity index (χ1v) is 9.74. The topological polar surface area (TPSA) is 79.6 Å². The summed E-state index contributed by atoms with van der Waals surface area (Å²) in [5.41, 5.74) is 6.06. The van der Waals surface area contributed by atoms with Crippen LogP contribution in [0.15, 0.2) is 48.8 Å². The number of anilines is 1. The molecule has 2 atom stereocenters. The number of carbonyl (C=O) groups excluding carboxylic acids is 1. The molecule has 7 heteroatoms. The van der Waals surface area contributed by atoms with Crippen molar-refractivity contribution >= 4 is 23.1 Å². The van der Waals surface area contributed by atoms with Gasteiger partial charge in [-0.3, -0.25) is 10.0 Å². The summed E-state index contributed by atoms with van der Waals surface area (Å²) in [6.07, 6.45) is 4.82. The maximum absolute atomic E-state index is 8.81. The summed E-state index contributed by atoms with van der Waals surface area (Å²) in [5.74, 6) is 0. The molecule has 1 amide bonds. The van der Waals surface area contributed by atoms with Crippen LogP contribution >= 0.6 is 0 Å². The van der Waals surface area contributed by atoms with E-state index in [1.165, 1.54) is 27.7 Å². The van der Waals surface area contributed by atoms with Crippen molar-refractivity contribution in [2.75, 3.05) is 18.0 Å². The monoisotopic (exact) mass is 396 g/mol. The normalized spacial score (nSPS) is 18.8. The van der Waals surface area contributed by atoms with Crippen molar-refractivity contribution in [1.82, 2.24) is 15.0 Å². The molecule has 29 heavy (non-hydrogen) atoms. The van der Waals surface area contributed by atoms with E-state index in [0.29, 0.717) is 0 Å². The van der Waals surface area contributed by atoms with Gasteiger partial charge >= 0.3 is 0 Å². The first-order chi connectivity index (χ1) is 14.0. The number of hydrogen-bond acceptors (Lipinski definition) is 5. The average molecular weight is 396 g/mol. The highest BCUT2D eigenvalue weighted by Gasteiger charge is 2.22. The predicted molar refractivity (Wildman–Crippen MR) is 113 cm³/mol. The number of carbonyl (C=O) groups is 1. The van der Waals surface area contributed by atoms with E-state index < -0.39 is 0 Å². The summed E-state index contributed by atoms with van der Waals surface area (Å²) in [6.45, 7) is 9.07. The first-order valence-electron chi connectivity index (χ1n) is 9.74. The van der Waals surface area contributed by atoms with Gasteiger partial charge in [0.2, 0.25) is 6.41 Å². The van der Waals surface area contributed by atoms with Gasteiger partial charge in [0, 0.05) is 31.2 Å². The molecule has 3 heterocycles. The lowest BCUT2D eigenvalue weighted by Crippen LogP contribution is -2.45. The zero-order chi connectivity index (χ0) is 20.8. The van der Waals surface area contributed by atoms with Crippen LogP contribution in [0, 0.1) is 6.92 Å². The van der Waals surface area contributed by atoms with Crippen LogP contribution in [0.1, 0.15) is 25.0 Å². The number of aryl methyl sites for hydroxylation is 1. The van der Waals surface area contributed by atoms with E-state index in [1.807, 2.05) is 6.20 Å². The Morgan fingerprint density at radius 2 is 1.86 bits per heavy atom. The Morgan fingerprint density at radius 1 is 1.21 bits per heavy atom. The van der Waals surface area contributed by atoms with Crippen molar-refractivity contribution in [3.8, 4) is 0 Å². The molecule has 1 aliphatic heterocycles. The third-order valence-corrected chi connectivity index (χ3v) is 4.90. The van der Waals surface area contributed by atoms with Crippen LogP contribution in [0.2, 0.25) is 0 Å². The third-order valence-electron chi connectivity index (χ3n) is 4.90. The molecule has 1 aromatic carbocycles. The molecule has 3 aromatic rings. The summed E-state index contributed by atoms with van der Waals surface area (Å²) in [7, 11) is 0. The lowest BCUT2D eigenvalue weighted by Gasteiger charge is -2.36. The van der Waals surface area contributed by atoms with Crippen molar-refractivity contribution in [3.63, 3.8) is 0 Å². The van der Waals surface area contributed by atoms with Gasteiger partial charge in [0.1, 0.15) is 5.65 Å². The molecular formula is C22H28N4O3.